The molecule has 0 fully saturated rings. The predicted octanol–water partition coefficient (Wildman–Crippen LogP) is 2.39. The number of nitrogens with zero attached hydrogens (tertiary/aromatic N) is 2. The molecule has 0 radical (unpaired) electrons. The molecule has 0 aliphatic rings. The lowest BCUT2D eigenvalue weighted by atomic mass is 10.0. The molecule has 0 saturated carbocycles. The van der Waals surface area contributed by atoms with Crippen molar-refractivity contribution < 1.29 is 4.79 Å². The molecule has 1 aromatic heterocycles. The van der Waals surface area contributed by atoms with Crippen LogP contribution in [0.1, 0.15) is 17.3 Å². The molecular formula is C13H13N3O. The highest BCUT2D eigenvalue weighted by atomic mass is 16.1. The predicted molar refractivity (Wildman–Crippen MR) is 67.0 cm³/mol. The first-order chi connectivity index (χ1) is 8.22. The number of aromatic nitrogens is 2. The molecule has 1 N–H and O–H groups in total. The minimum absolute atomic E-state index is 0.00422. The molecule has 2 aromatic rings. The monoisotopic (exact) mass is 227 g/mol. The third-order valence-corrected chi connectivity index (χ3v) is 2.49. The van der Waals surface area contributed by atoms with Gasteiger partial charge in [-0.1, -0.05) is 0 Å². The average molecular weight is 227 g/mol. The van der Waals surface area contributed by atoms with Gasteiger partial charge in [0, 0.05) is 36.3 Å². The van der Waals surface area contributed by atoms with Gasteiger partial charge in [-0.3, -0.25) is 4.79 Å². The van der Waals surface area contributed by atoms with Gasteiger partial charge < -0.3 is 5.32 Å². The van der Waals surface area contributed by atoms with E-state index in [1.54, 1.807) is 25.4 Å². The second-order valence-electron chi connectivity index (χ2n) is 3.64. The Kier molecular flexibility index (Phi) is 3.14. The quantitative estimate of drug-likeness (QED) is 0.818. The Morgan fingerprint density at radius 1 is 1.24 bits per heavy atom. The van der Waals surface area contributed by atoms with E-state index in [-0.39, 0.29) is 5.78 Å². The van der Waals surface area contributed by atoms with Gasteiger partial charge in [0.25, 0.3) is 0 Å². The maximum Gasteiger partial charge on any atom is 0.160 e. The van der Waals surface area contributed by atoms with Gasteiger partial charge in [0.2, 0.25) is 0 Å². The molecule has 0 atom stereocenters. The fraction of sp³-hybridized carbons (Fsp3) is 0.154. The van der Waals surface area contributed by atoms with Crippen LogP contribution in [0.25, 0.3) is 11.4 Å². The summed E-state index contributed by atoms with van der Waals surface area (Å²) in [7, 11) is 1.82. The topological polar surface area (TPSA) is 54.9 Å². The van der Waals surface area contributed by atoms with Gasteiger partial charge in [0.15, 0.2) is 11.6 Å². The highest BCUT2D eigenvalue weighted by molar-refractivity contribution is 6.01. The van der Waals surface area contributed by atoms with Crippen molar-refractivity contribution in [3.63, 3.8) is 0 Å². The minimum atomic E-state index is 0.00422. The Balaban J connectivity index is 2.58. The van der Waals surface area contributed by atoms with Crippen molar-refractivity contribution in [3.05, 3.63) is 42.2 Å². The van der Waals surface area contributed by atoms with Crippen LogP contribution in [0.2, 0.25) is 0 Å². The summed E-state index contributed by atoms with van der Waals surface area (Å²) in [6, 6.07) is 7.32. The van der Waals surface area contributed by atoms with Gasteiger partial charge in [0.1, 0.15) is 0 Å². The number of anilines is 1. The molecule has 0 saturated heterocycles. The van der Waals surface area contributed by atoms with E-state index >= 15 is 0 Å². The molecule has 2 rings (SSSR count). The smallest absolute Gasteiger partial charge is 0.160 e. The molecule has 0 aliphatic heterocycles. The molecule has 4 nitrogen and oxygen atoms in total. The molecule has 86 valence electrons. The van der Waals surface area contributed by atoms with Crippen molar-refractivity contribution in [2.45, 2.75) is 6.92 Å². The highest BCUT2D eigenvalue weighted by Gasteiger charge is 2.11. The van der Waals surface area contributed by atoms with E-state index < -0.39 is 0 Å². The summed E-state index contributed by atoms with van der Waals surface area (Å²) in [5, 5.41) is 3.01. The van der Waals surface area contributed by atoms with Gasteiger partial charge in [-0.2, -0.15) is 0 Å². The number of benzene rings is 1. The van der Waals surface area contributed by atoms with Crippen LogP contribution >= 0.6 is 0 Å². The lowest BCUT2D eigenvalue weighted by molar-refractivity contribution is 0.101. The Bertz CT molecular complexity index is 538. The van der Waals surface area contributed by atoms with Crippen LogP contribution in [-0.4, -0.2) is 22.8 Å². The number of hydrogen-bond acceptors (Lipinski definition) is 4. The summed E-state index contributed by atoms with van der Waals surface area (Å²) in [6.45, 7) is 1.54. The zero-order valence-corrected chi connectivity index (χ0v) is 9.77. The molecule has 17 heavy (non-hydrogen) atoms. The van der Waals surface area contributed by atoms with Gasteiger partial charge in [-0.25, -0.2) is 9.97 Å². The zero-order chi connectivity index (χ0) is 12.3. The Morgan fingerprint density at radius 2 is 1.94 bits per heavy atom. The van der Waals surface area contributed by atoms with Crippen LogP contribution in [-0.2, 0) is 0 Å². The number of nitrogens with one attached hydrogen (secondary N) is 1. The maximum absolute atomic E-state index is 11.6. The second kappa shape index (κ2) is 4.74. The van der Waals surface area contributed by atoms with Crippen molar-refractivity contribution in [1.82, 2.24) is 9.97 Å². The third kappa shape index (κ3) is 2.30. The van der Waals surface area contributed by atoms with Crippen molar-refractivity contribution in [3.8, 4) is 11.4 Å². The molecule has 1 aromatic carbocycles. The van der Waals surface area contributed by atoms with E-state index in [1.807, 2.05) is 25.2 Å². The van der Waals surface area contributed by atoms with Crippen LogP contribution in [0.3, 0.4) is 0 Å². The van der Waals surface area contributed by atoms with Gasteiger partial charge in [-0.05, 0) is 31.2 Å². The van der Waals surface area contributed by atoms with E-state index in [1.165, 1.54) is 0 Å². The molecular weight excluding hydrogens is 214 g/mol. The van der Waals surface area contributed by atoms with Crippen molar-refractivity contribution in [2.24, 2.45) is 0 Å². The molecule has 0 aliphatic carbocycles. The number of carbonyl (C=O) groups is 1. The first-order valence-corrected chi connectivity index (χ1v) is 5.32. The summed E-state index contributed by atoms with van der Waals surface area (Å²) in [5.74, 6) is 0.574. The first kappa shape index (κ1) is 11.3. The SMILES string of the molecule is CNc1ccc(-c2ncccn2)c(C(C)=O)c1. The molecule has 0 amide bonds. The number of hydrogen-bond donors (Lipinski definition) is 1. The van der Waals surface area contributed by atoms with E-state index in [0.717, 1.165) is 11.3 Å². The number of rotatable bonds is 3. The zero-order valence-electron chi connectivity index (χ0n) is 9.77. The van der Waals surface area contributed by atoms with Crippen LogP contribution in [0.15, 0.2) is 36.7 Å². The Morgan fingerprint density at radius 3 is 2.53 bits per heavy atom. The third-order valence-electron chi connectivity index (χ3n) is 2.49. The summed E-state index contributed by atoms with van der Waals surface area (Å²) >= 11 is 0. The van der Waals surface area contributed by atoms with Crippen molar-refractivity contribution in [2.75, 3.05) is 12.4 Å². The maximum atomic E-state index is 11.6. The Labute approximate surface area is 99.7 Å². The molecule has 0 spiro atoms. The number of ketones is 1. The van der Waals surface area contributed by atoms with Crippen LogP contribution in [0.4, 0.5) is 5.69 Å². The standard InChI is InChI=1S/C13H13N3O/c1-9(17)12-8-10(14-2)4-5-11(12)13-15-6-3-7-16-13/h3-8,14H,1-2H3. The lowest BCUT2D eigenvalue weighted by Crippen LogP contribution is -2.00. The molecule has 0 bridgehead atoms. The molecule has 4 heteroatoms. The lowest BCUT2D eigenvalue weighted by Gasteiger charge is -2.08. The summed E-state index contributed by atoms with van der Waals surface area (Å²) in [6.07, 6.45) is 3.33. The van der Waals surface area contributed by atoms with E-state index in [2.05, 4.69) is 15.3 Å². The van der Waals surface area contributed by atoms with Crippen LogP contribution in [0, 0.1) is 0 Å². The normalized spacial score (nSPS) is 10.0. The largest absolute Gasteiger partial charge is 0.388 e. The van der Waals surface area contributed by atoms with Crippen LogP contribution < -0.4 is 5.32 Å². The van der Waals surface area contributed by atoms with Gasteiger partial charge in [-0.15, -0.1) is 0 Å². The summed E-state index contributed by atoms with van der Waals surface area (Å²) < 4.78 is 0. The first-order valence-electron chi connectivity index (χ1n) is 5.32. The van der Waals surface area contributed by atoms with E-state index in [0.29, 0.717) is 11.4 Å². The van der Waals surface area contributed by atoms with Gasteiger partial charge in [0.05, 0.1) is 0 Å². The Hall–Kier alpha value is -2.23. The fourth-order valence-electron chi connectivity index (χ4n) is 1.62. The summed E-state index contributed by atoms with van der Waals surface area (Å²) in [4.78, 5) is 20.0. The fourth-order valence-corrected chi connectivity index (χ4v) is 1.62. The average Bonchev–Trinajstić information content (AvgIpc) is 2.39. The van der Waals surface area contributed by atoms with E-state index in [9.17, 15) is 4.79 Å². The van der Waals surface area contributed by atoms with Crippen LogP contribution in [0.5, 0.6) is 0 Å². The number of carbonyl (C=O) groups excluding carboxylic acids is 1. The van der Waals surface area contributed by atoms with Crippen molar-refractivity contribution >= 4 is 11.5 Å². The molecule has 0 unspecified atom stereocenters. The minimum Gasteiger partial charge on any atom is -0.388 e. The van der Waals surface area contributed by atoms with Crippen molar-refractivity contribution in [1.29, 1.82) is 0 Å². The number of Topliss-reactive ketones (excluding diaryl/α,β-unsaturated/α-hetero) is 1. The van der Waals surface area contributed by atoms with Gasteiger partial charge >= 0.3 is 0 Å². The summed E-state index contributed by atoms with van der Waals surface area (Å²) in [5.41, 5.74) is 2.29. The molecule has 1 heterocycles. The highest BCUT2D eigenvalue weighted by Crippen LogP contribution is 2.23. The second-order valence-corrected chi connectivity index (χ2v) is 3.64. The van der Waals surface area contributed by atoms with E-state index in [4.69, 9.17) is 0 Å².